The molecule has 3 aromatic rings. The second-order valence-electron chi connectivity index (χ2n) is 7.35. The lowest BCUT2D eigenvalue weighted by Crippen LogP contribution is -2.19. The van der Waals surface area contributed by atoms with Crippen LogP contribution in [-0.2, 0) is 0 Å². The van der Waals surface area contributed by atoms with E-state index in [2.05, 4.69) is 4.98 Å². The average molecular weight is 400 g/mol. The van der Waals surface area contributed by atoms with Gasteiger partial charge >= 0.3 is 0 Å². The first-order chi connectivity index (χ1) is 13.3. The average Bonchev–Trinajstić information content (AvgIpc) is 2.66. The molecule has 0 atom stereocenters. The number of hydrogen-bond acceptors (Lipinski definition) is 3. The van der Waals surface area contributed by atoms with Gasteiger partial charge in [0.15, 0.2) is 0 Å². The number of halogens is 2. The first-order valence-corrected chi connectivity index (χ1v) is 9.57. The highest BCUT2D eigenvalue weighted by Gasteiger charge is 2.12. The zero-order valence-corrected chi connectivity index (χ0v) is 16.7. The minimum Gasteiger partial charge on any atom is -0.494 e. The van der Waals surface area contributed by atoms with Gasteiger partial charge in [0.05, 0.1) is 17.9 Å². The van der Waals surface area contributed by atoms with Crippen LogP contribution in [0.2, 0.25) is 5.02 Å². The third-order valence-electron chi connectivity index (χ3n) is 4.33. The topological polar surface area (TPSA) is 42.4 Å². The highest BCUT2D eigenvalue weighted by atomic mass is 35.5. The predicted octanol–water partition coefficient (Wildman–Crippen LogP) is 6.14. The fourth-order valence-electron chi connectivity index (χ4n) is 2.91. The van der Waals surface area contributed by atoms with Crippen LogP contribution in [0.15, 0.2) is 60.8 Å². The summed E-state index contributed by atoms with van der Waals surface area (Å²) in [6, 6.07) is 15.6. The van der Waals surface area contributed by atoms with E-state index < -0.39 is 5.60 Å². The standard InChI is InChI=1S/C23H23ClFNO2/c1-23(2,27)10-4-12-28-19-7-8-21(24)20(15-19)16-9-11-26-22(14-16)17-5-3-6-18(25)13-17/h3,5-9,11,13-15,27H,4,10,12H2,1-2H3. The molecule has 0 aliphatic heterocycles. The maximum atomic E-state index is 13.5. The number of nitrogens with zero attached hydrogens (tertiary/aromatic N) is 1. The summed E-state index contributed by atoms with van der Waals surface area (Å²) in [5.74, 6) is 0.406. The highest BCUT2D eigenvalue weighted by molar-refractivity contribution is 6.33. The molecule has 1 N–H and O–H groups in total. The fourth-order valence-corrected chi connectivity index (χ4v) is 3.14. The summed E-state index contributed by atoms with van der Waals surface area (Å²) in [6.45, 7) is 4.08. The van der Waals surface area contributed by atoms with E-state index in [9.17, 15) is 9.50 Å². The van der Waals surface area contributed by atoms with Crippen molar-refractivity contribution in [3.63, 3.8) is 0 Å². The molecule has 0 spiro atoms. The maximum Gasteiger partial charge on any atom is 0.123 e. The summed E-state index contributed by atoms with van der Waals surface area (Å²) in [5, 5.41) is 10.4. The first kappa shape index (κ1) is 20.3. The molecule has 0 amide bonds. The number of pyridine rings is 1. The Morgan fingerprint density at radius 3 is 2.64 bits per heavy atom. The van der Waals surface area contributed by atoms with Gasteiger partial charge in [-0.25, -0.2) is 4.39 Å². The summed E-state index contributed by atoms with van der Waals surface area (Å²) < 4.78 is 19.3. The minimum absolute atomic E-state index is 0.302. The molecule has 146 valence electrons. The van der Waals surface area contributed by atoms with E-state index in [1.54, 1.807) is 32.2 Å². The largest absolute Gasteiger partial charge is 0.494 e. The van der Waals surface area contributed by atoms with Crippen LogP contribution < -0.4 is 4.74 Å². The lowest BCUT2D eigenvalue weighted by molar-refractivity contribution is 0.0641. The van der Waals surface area contributed by atoms with E-state index in [1.807, 2.05) is 30.3 Å². The molecule has 3 nitrogen and oxygen atoms in total. The van der Waals surface area contributed by atoms with Gasteiger partial charge in [-0.2, -0.15) is 0 Å². The molecule has 0 fully saturated rings. The summed E-state index contributed by atoms with van der Waals surface area (Å²) in [7, 11) is 0. The number of ether oxygens (including phenoxy) is 1. The van der Waals surface area contributed by atoms with Gasteiger partial charge in [-0.3, -0.25) is 4.98 Å². The molecule has 1 aromatic heterocycles. The lowest BCUT2D eigenvalue weighted by Gasteiger charge is -2.17. The van der Waals surface area contributed by atoms with Gasteiger partial charge in [0.1, 0.15) is 11.6 Å². The lowest BCUT2D eigenvalue weighted by atomic mass is 10.0. The third kappa shape index (κ3) is 5.54. The van der Waals surface area contributed by atoms with Crippen molar-refractivity contribution in [1.29, 1.82) is 0 Å². The first-order valence-electron chi connectivity index (χ1n) is 9.19. The van der Waals surface area contributed by atoms with Crippen molar-refractivity contribution < 1.29 is 14.2 Å². The minimum atomic E-state index is -0.696. The van der Waals surface area contributed by atoms with Crippen LogP contribution in [0, 0.1) is 5.82 Å². The summed E-state index contributed by atoms with van der Waals surface area (Å²) in [6.07, 6.45) is 3.10. The molecule has 1 heterocycles. The summed E-state index contributed by atoms with van der Waals surface area (Å²) >= 11 is 6.41. The second kappa shape index (κ2) is 8.72. The zero-order chi connectivity index (χ0) is 20.1. The number of hydrogen-bond donors (Lipinski definition) is 1. The fraction of sp³-hybridized carbons (Fsp3) is 0.261. The van der Waals surface area contributed by atoms with Crippen molar-refractivity contribution in [3.05, 3.63) is 71.6 Å². The Kier molecular flexibility index (Phi) is 6.32. The molecular formula is C23H23ClFNO2. The van der Waals surface area contributed by atoms with Crippen LogP contribution in [0.4, 0.5) is 4.39 Å². The van der Waals surface area contributed by atoms with Crippen LogP contribution in [0.1, 0.15) is 26.7 Å². The summed E-state index contributed by atoms with van der Waals surface area (Å²) in [5.41, 5.74) is 2.38. The van der Waals surface area contributed by atoms with Crippen molar-refractivity contribution in [2.75, 3.05) is 6.61 Å². The van der Waals surface area contributed by atoms with Gasteiger partial charge in [0, 0.05) is 22.3 Å². The molecule has 0 bridgehead atoms. The van der Waals surface area contributed by atoms with Gasteiger partial charge in [-0.15, -0.1) is 0 Å². The van der Waals surface area contributed by atoms with E-state index in [1.165, 1.54) is 12.1 Å². The Hall–Kier alpha value is -2.43. The Labute approximate surface area is 169 Å². The van der Waals surface area contributed by atoms with Crippen molar-refractivity contribution in [1.82, 2.24) is 4.98 Å². The molecule has 2 aromatic carbocycles. The monoisotopic (exact) mass is 399 g/mol. The highest BCUT2D eigenvalue weighted by Crippen LogP contribution is 2.33. The number of aromatic nitrogens is 1. The third-order valence-corrected chi connectivity index (χ3v) is 4.66. The van der Waals surface area contributed by atoms with Crippen LogP contribution in [0.25, 0.3) is 22.4 Å². The van der Waals surface area contributed by atoms with Crippen molar-refractivity contribution in [2.45, 2.75) is 32.3 Å². The van der Waals surface area contributed by atoms with E-state index in [-0.39, 0.29) is 5.82 Å². The van der Waals surface area contributed by atoms with Crippen molar-refractivity contribution in [3.8, 4) is 28.1 Å². The molecule has 0 unspecified atom stereocenters. The smallest absolute Gasteiger partial charge is 0.123 e. The SMILES string of the molecule is CC(C)(O)CCCOc1ccc(Cl)c(-c2ccnc(-c3cccc(F)c3)c2)c1. The number of benzene rings is 2. The molecule has 5 heteroatoms. The Morgan fingerprint density at radius 2 is 1.89 bits per heavy atom. The van der Waals surface area contributed by atoms with Crippen molar-refractivity contribution >= 4 is 11.6 Å². The van der Waals surface area contributed by atoms with E-state index >= 15 is 0 Å². The predicted molar refractivity (Wildman–Crippen MR) is 111 cm³/mol. The molecule has 0 aliphatic rings. The second-order valence-corrected chi connectivity index (χ2v) is 7.75. The van der Waals surface area contributed by atoms with E-state index in [4.69, 9.17) is 16.3 Å². The molecule has 0 aliphatic carbocycles. The Bertz CT molecular complexity index is 953. The van der Waals surface area contributed by atoms with Gasteiger partial charge in [-0.1, -0.05) is 23.7 Å². The van der Waals surface area contributed by atoms with Crippen molar-refractivity contribution in [2.24, 2.45) is 0 Å². The van der Waals surface area contributed by atoms with Crippen LogP contribution in [0.5, 0.6) is 5.75 Å². The van der Waals surface area contributed by atoms with E-state index in [0.29, 0.717) is 35.1 Å². The van der Waals surface area contributed by atoms with Gasteiger partial charge in [-0.05, 0) is 74.7 Å². The quantitative estimate of drug-likeness (QED) is 0.485. The molecular weight excluding hydrogens is 377 g/mol. The maximum absolute atomic E-state index is 13.5. The molecule has 3 rings (SSSR count). The molecule has 0 saturated carbocycles. The Morgan fingerprint density at radius 1 is 1.07 bits per heavy atom. The van der Waals surface area contributed by atoms with Crippen LogP contribution >= 0.6 is 11.6 Å². The van der Waals surface area contributed by atoms with Gasteiger partial charge in [0.25, 0.3) is 0 Å². The molecule has 28 heavy (non-hydrogen) atoms. The molecule has 0 saturated heterocycles. The van der Waals surface area contributed by atoms with Gasteiger partial charge in [0.2, 0.25) is 0 Å². The Balaban J connectivity index is 1.80. The van der Waals surface area contributed by atoms with Crippen LogP contribution in [-0.4, -0.2) is 22.3 Å². The number of aliphatic hydroxyl groups is 1. The normalized spacial score (nSPS) is 11.5. The van der Waals surface area contributed by atoms with Crippen LogP contribution in [0.3, 0.4) is 0 Å². The number of rotatable bonds is 7. The zero-order valence-electron chi connectivity index (χ0n) is 16.0. The summed E-state index contributed by atoms with van der Waals surface area (Å²) in [4.78, 5) is 4.35. The van der Waals surface area contributed by atoms with E-state index in [0.717, 1.165) is 17.5 Å². The van der Waals surface area contributed by atoms with Gasteiger partial charge < -0.3 is 9.84 Å². The molecule has 0 radical (unpaired) electrons.